The lowest BCUT2D eigenvalue weighted by Crippen LogP contribution is -2.42. The van der Waals surface area contributed by atoms with Gasteiger partial charge in [-0.05, 0) is 68.6 Å². The number of nitrogens with zero attached hydrogens (tertiary/aromatic N) is 2. The number of hydrogen-bond donors (Lipinski definition) is 0. The molecule has 0 N–H and O–H groups in total. The zero-order valence-electron chi connectivity index (χ0n) is 14.3. The molecule has 1 aromatic carbocycles. The third-order valence-corrected chi connectivity index (χ3v) is 6.90. The molecule has 3 nitrogen and oxygen atoms in total. The third-order valence-electron chi connectivity index (χ3n) is 5.25. The molecule has 0 spiro atoms. The Morgan fingerprint density at radius 3 is 2.56 bits per heavy atom. The number of halogens is 1. The van der Waals surface area contributed by atoms with Crippen LogP contribution in [0.5, 0.6) is 0 Å². The van der Waals surface area contributed by atoms with E-state index >= 15 is 0 Å². The lowest BCUT2D eigenvalue weighted by atomic mass is 10.2. The third kappa shape index (κ3) is 3.83. The monoisotopic (exact) mass is 418 g/mol. The molecule has 0 aliphatic carbocycles. The molecule has 132 valence electrons. The Bertz CT molecular complexity index is 736. The Labute approximate surface area is 161 Å². The molecule has 5 heteroatoms. The Hall–Kier alpha value is -1.17. The van der Waals surface area contributed by atoms with Crippen LogP contribution in [0.15, 0.2) is 40.9 Å². The zero-order chi connectivity index (χ0) is 17.2. The van der Waals surface area contributed by atoms with Crippen LogP contribution in [0.2, 0.25) is 0 Å². The van der Waals surface area contributed by atoms with Crippen LogP contribution < -0.4 is 0 Å². The molecule has 1 aromatic heterocycles. The lowest BCUT2D eigenvalue weighted by molar-refractivity contribution is 0.0713. The normalized spacial score (nSPS) is 21.2. The van der Waals surface area contributed by atoms with Gasteiger partial charge in [-0.15, -0.1) is 11.3 Å². The molecule has 2 aliphatic rings. The van der Waals surface area contributed by atoms with E-state index in [0.29, 0.717) is 6.04 Å². The summed E-state index contributed by atoms with van der Waals surface area (Å²) < 4.78 is 1.07. The van der Waals surface area contributed by atoms with Crippen LogP contribution in [0.3, 0.4) is 0 Å². The van der Waals surface area contributed by atoms with E-state index in [1.54, 1.807) is 11.3 Å². The Morgan fingerprint density at radius 2 is 1.80 bits per heavy atom. The van der Waals surface area contributed by atoms with Crippen molar-refractivity contribution < 1.29 is 4.79 Å². The predicted octanol–water partition coefficient (Wildman–Crippen LogP) is 4.88. The average molecular weight is 419 g/mol. The molecule has 0 bridgehead atoms. The SMILES string of the molecule is O=C(c1ccc(-c2ccc(Br)cc2)s1)N1CCCC1CN1CCCC1. The van der Waals surface area contributed by atoms with Crippen molar-refractivity contribution in [3.8, 4) is 10.4 Å². The van der Waals surface area contributed by atoms with Crippen LogP contribution in [-0.4, -0.2) is 47.9 Å². The van der Waals surface area contributed by atoms with Gasteiger partial charge >= 0.3 is 0 Å². The van der Waals surface area contributed by atoms with Gasteiger partial charge in [-0.3, -0.25) is 4.79 Å². The van der Waals surface area contributed by atoms with Gasteiger partial charge in [-0.1, -0.05) is 28.1 Å². The molecule has 2 fully saturated rings. The second kappa shape index (κ2) is 7.60. The van der Waals surface area contributed by atoms with Gasteiger partial charge in [0.2, 0.25) is 0 Å². The van der Waals surface area contributed by atoms with Crippen molar-refractivity contribution in [1.82, 2.24) is 9.80 Å². The maximum Gasteiger partial charge on any atom is 0.264 e. The highest BCUT2D eigenvalue weighted by molar-refractivity contribution is 9.10. The Morgan fingerprint density at radius 1 is 1.04 bits per heavy atom. The molecular weight excluding hydrogens is 396 g/mol. The first kappa shape index (κ1) is 17.3. The van der Waals surface area contributed by atoms with Gasteiger partial charge in [-0.2, -0.15) is 0 Å². The van der Waals surface area contributed by atoms with Gasteiger partial charge in [0.15, 0.2) is 0 Å². The highest BCUT2D eigenvalue weighted by atomic mass is 79.9. The van der Waals surface area contributed by atoms with Gasteiger partial charge in [-0.25, -0.2) is 0 Å². The topological polar surface area (TPSA) is 23.6 Å². The minimum Gasteiger partial charge on any atom is -0.334 e. The molecule has 4 rings (SSSR count). The Kier molecular flexibility index (Phi) is 5.25. The minimum absolute atomic E-state index is 0.218. The highest BCUT2D eigenvalue weighted by Gasteiger charge is 2.32. The molecule has 0 saturated carbocycles. The summed E-state index contributed by atoms with van der Waals surface area (Å²) in [5, 5.41) is 0. The van der Waals surface area contributed by atoms with Crippen molar-refractivity contribution in [2.45, 2.75) is 31.7 Å². The summed E-state index contributed by atoms with van der Waals surface area (Å²) in [5.74, 6) is 0.218. The molecular formula is C20H23BrN2OS. The van der Waals surface area contributed by atoms with Gasteiger partial charge in [0.25, 0.3) is 5.91 Å². The summed E-state index contributed by atoms with van der Waals surface area (Å²) in [6.45, 7) is 4.36. The van der Waals surface area contributed by atoms with Crippen molar-refractivity contribution in [2.24, 2.45) is 0 Å². The smallest absolute Gasteiger partial charge is 0.264 e. The maximum atomic E-state index is 13.0. The molecule has 1 unspecified atom stereocenters. The number of hydrogen-bond acceptors (Lipinski definition) is 3. The first-order valence-electron chi connectivity index (χ1n) is 9.10. The summed E-state index contributed by atoms with van der Waals surface area (Å²) in [6.07, 6.45) is 4.90. The van der Waals surface area contributed by atoms with Gasteiger partial charge in [0.05, 0.1) is 4.88 Å². The largest absolute Gasteiger partial charge is 0.334 e. The zero-order valence-corrected chi connectivity index (χ0v) is 16.7. The average Bonchev–Trinajstić information content (AvgIpc) is 3.37. The standard InChI is InChI=1S/C20H23BrN2OS/c21-16-7-5-15(6-8-16)18-9-10-19(25-18)20(24)23-13-3-4-17(23)14-22-11-1-2-12-22/h5-10,17H,1-4,11-14H2. The van der Waals surface area contributed by atoms with Gasteiger partial charge in [0, 0.05) is 28.5 Å². The second-order valence-corrected chi connectivity index (χ2v) is 8.97. The number of rotatable bonds is 4. The summed E-state index contributed by atoms with van der Waals surface area (Å²) in [4.78, 5) is 19.7. The quantitative estimate of drug-likeness (QED) is 0.706. The molecule has 0 radical (unpaired) electrons. The first-order chi connectivity index (χ1) is 12.2. The van der Waals surface area contributed by atoms with Crippen molar-refractivity contribution >= 4 is 33.2 Å². The van der Waals surface area contributed by atoms with Crippen LogP contribution >= 0.6 is 27.3 Å². The van der Waals surface area contributed by atoms with Crippen molar-refractivity contribution in [3.63, 3.8) is 0 Å². The van der Waals surface area contributed by atoms with E-state index in [9.17, 15) is 4.79 Å². The number of thiophene rings is 1. The van der Waals surface area contributed by atoms with Crippen LogP contribution in [-0.2, 0) is 0 Å². The highest BCUT2D eigenvalue weighted by Crippen LogP contribution is 2.31. The molecule has 25 heavy (non-hydrogen) atoms. The van der Waals surface area contributed by atoms with Crippen molar-refractivity contribution in [1.29, 1.82) is 0 Å². The molecule has 2 saturated heterocycles. The first-order valence-corrected chi connectivity index (χ1v) is 10.7. The summed E-state index contributed by atoms with van der Waals surface area (Å²) in [6, 6.07) is 12.7. The van der Waals surface area contributed by atoms with E-state index in [0.717, 1.165) is 40.2 Å². The van der Waals surface area contributed by atoms with E-state index < -0.39 is 0 Å². The van der Waals surface area contributed by atoms with Crippen LogP contribution in [0, 0.1) is 0 Å². The fourth-order valence-electron chi connectivity index (χ4n) is 3.92. The number of likely N-dealkylation sites (tertiary alicyclic amines) is 2. The lowest BCUT2D eigenvalue weighted by Gasteiger charge is -2.28. The molecule has 1 atom stereocenters. The van der Waals surface area contributed by atoms with E-state index in [1.165, 1.54) is 31.5 Å². The number of benzene rings is 1. The van der Waals surface area contributed by atoms with E-state index in [2.05, 4.69) is 43.9 Å². The van der Waals surface area contributed by atoms with E-state index in [-0.39, 0.29) is 5.91 Å². The second-order valence-electron chi connectivity index (χ2n) is 6.97. The molecule has 3 heterocycles. The number of amides is 1. The fourth-order valence-corrected chi connectivity index (χ4v) is 5.15. The molecule has 2 aliphatic heterocycles. The molecule has 2 aromatic rings. The molecule has 1 amide bonds. The Balaban J connectivity index is 1.47. The summed E-state index contributed by atoms with van der Waals surface area (Å²) >= 11 is 5.08. The number of carbonyl (C=O) groups excluding carboxylic acids is 1. The summed E-state index contributed by atoms with van der Waals surface area (Å²) in [5.41, 5.74) is 1.17. The van der Waals surface area contributed by atoms with Crippen molar-refractivity contribution in [2.75, 3.05) is 26.2 Å². The predicted molar refractivity (Wildman–Crippen MR) is 107 cm³/mol. The van der Waals surface area contributed by atoms with Gasteiger partial charge < -0.3 is 9.80 Å². The van der Waals surface area contributed by atoms with Crippen LogP contribution in [0.25, 0.3) is 10.4 Å². The van der Waals surface area contributed by atoms with Gasteiger partial charge in [0.1, 0.15) is 0 Å². The minimum atomic E-state index is 0.218. The van der Waals surface area contributed by atoms with E-state index in [4.69, 9.17) is 0 Å². The fraction of sp³-hybridized carbons (Fsp3) is 0.450. The van der Waals surface area contributed by atoms with Crippen LogP contribution in [0.1, 0.15) is 35.4 Å². The number of carbonyl (C=O) groups is 1. The van der Waals surface area contributed by atoms with Crippen molar-refractivity contribution in [3.05, 3.63) is 45.7 Å². The summed E-state index contributed by atoms with van der Waals surface area (Å²) in [7, 11) is 0. The maximum absolute atomic E-state index is 13.0. The van der Waals surface area contributed by atoms with E-state index in [1.807, 2.05) is 18.2 Å². The van der Waals surface area contributed by atoms with Crippen LogP contribution in [0.4, 0.5) is 0 Å².